The zero-order valence-electron chi connectivity index (χ0n) is 20.8. The molecule has 0 bridgehead atoms. The quantitative estimate of drug-likeness (QED) is 0.101. The van der Waals surface area contributed by atoms with Crippen LogP contribution < -0.4 is 14.5 Å². The fourth-order valence-electron chi connectivity index (χ4n) is 3.48. The highest BCUT2D eigenvalue weighted by Gasteiger charge is 2.27. The van der Waals surface area contributed by atoms with E-state index in [0.29, 0.717) is 16.9 Å². The number of nitrogens with zero attached hydrogens (tertiary/aromatic N) is 3. The molecule has 0 unspecified atom stereocenters. The number of hydrogen-bond acceptors (Lipinski definition) is 8. The number of hydrazone groups is 1. The zero-order valence-corrected chi connectivity index (χ0v) is 21.6. The molecule has 11 nitrogen and oxygen atoms in total. The third-order valence-corrected chi connectivity index (χ3v) is 7.26. The van der Waals surface area contributed by atoms with E-state index in [2.05, 4.69) is 10.5 Å². The van der Waals surface area contributed by atoms with Crippen molar-refractivity contribution in [1.29, 1.82) is 0 Å². The monoisotopic (exact) mass is 558 g/mol. The van der Waals surface area contributed by atoms with Gasteiger partial charge in [-0.1, -0.05) is 36.4 Å². The average Bonchev–Trinajstić information content (AvgIpc) is 2.97. The molecule has 0 radical (unpaired) electrons. The Hall–Kier alpha value is -5.36. The molecular weight excluding hydrogens is 536 g/mol. The molecular formula is C28H22N4O7S. The number of nitro benzene ring substituents is 1. The molecule has 0 aliphatic carbocycles. The number of carbonyl (C=O) groups is 2. The van der Waals surface area contributed by atoms with Gasteiger partial charge in [-0.3, -0.25) is 19.2 Å². The average molecular weight is 559 g/mol. The Morgan fingerprint density at radius 1 is 0.875 bits per heavy atom. The van der Waals surface area contributed by atoms with Crippen molar-refractivity contribution in [2.24, 2.45) is 5.10 Å². The number of non-ortho nitro benzene ring substituents is 1. The van der Waals surface area contributed by atoms with Crippen molar-refractivity contribution in [3.8, 4) is 5.75 Å². The van der Waals surface area contributed by atoms with Gasteiger partial charge in [-0.2, -0.15) is 5.10 Å². The van der Waals surface area contributed by atoms with E-state index in [1.165, 1.54) is 30.5 Å². The molecule has 40 heavy (non-hydrogen) atoms. The molecule has 1 N–H and O–H groups in total. The summed E-state index contributed by atoms with van der Waals surface area (Å²) in [5.74, 6) is -0.931. The number of anilines is 1. The minimum atomic E-state index is -4.19. The van der Waals surface area contributed by atoms with Crippen LogP contribution in [-0.4, -0.2) is 38.0 Å². The van der Waals surface area contributed by atoms with Crippen LogP contribution in [0, 0.1) is 10.1 Å². The first-order valence-electron chi connectivity index (χ1n) is 11.8. The molecule has 1 amide bonds. The van der Waals surface area contributed by atoms with Crippen molar-refractivity contribution in [3.63, 3.8) is 0 Å². The SMILES string of the molecule is O=C(CN(c1ccc([N+](=O)[O-])cc1)S(=O)(=O)c1ccccc1)N/N=C\c1ccc(OC(=O)c2ccccc2)cc1. The smallest absolute Gasteiger partial charge is 0.343 e. The Labute approximate surface area is 229 Å². The number of amides is 1. The second kappa shape index (κ2) is 12.5. The van der Waals surface area contributed by atoms with Gasteiger partial charge in [-0.15, -0.1) is 0 Å². The molecule has 0 fully saturated rings. The van der Waals surface area contributed by atoms with Crippen molar-refractivity contribution in [3.05, 3.63) is 130 Å². The Morgan fingerprint density at radius 3 is 2.08 bits per heavy atom. The summed E-state index contributed by atoms with van der Waals surface area (Å²) in [6.07, 6.45) is 1.34. The minimum absolute atomic E-state index is 0.0577. The Morgan fingerprint density at radius 2 is 1.48 bits per heavy atom. The molecule has 4 aromatic rings. The van der Waals surface area contributed by atoms with Gasteiger partial charge in [0.05, 0.1) is 27.3 Å². The van der Waals surface area contributed by atoms with E-state index in [1.807, 2.05) is 0 Å². The molecule has 202 valence electrons. The van der Waals surface area contributed by atoms with Gasteiger partial charge in [0.1, 0.15) is 12.3 Å². The molecule has 4 rings (SSSR count). The van der Waals surface area contributed by atoms with E-state index in [0.717, 1.165) is 16.4 Å². The Balaban J connectivity index is 1.43. The van der Waals surface area contributed by atoms with Gasteiger partial charge in [0, 0.05) is 12.1 Å². The molecule has 0 aromatic heterocycles. The fraction of sp³-hybridized carbons (Fsp3) is 0.0357. The highest BCUT2D eigenvalue weighted by molar-refractivity contribution is 7.92. The lowest BCUT2D eigenvalue weighted by atomic mass is 10.2. The van der Waals surface area contributed by atoms with E-state index >= 15 is 0 Å². The van der Waals surface area contributed by atoms with E-state index in [4.69, 9.17) is 4.74 Å². The summed E-state index contributed by atoms with van der Waals surface area (Å²) in [5, 5.41) is 14.9. The van der Waals surface area contributed by atoms with Crippen LogP contribution in [-0.2, 0) is 14.8 Å². The maximum atomic E-state index is 13.3. The fourth-order valence-corrected chi connectivity index (χ4v) is 4.92. The predicted octanol–water partition coefficient (Wildman–Crippen LogP) is 4.16. The summed E-state index contributed by atoms with van der Waals surface area (Å²) in [4.78, 5) is 35.2. The molecule has 12 heteroatoms. The van der Waals surface area contributed by atoms with Gasteiger partial charge >= 0.3 is 5.97 Å². The largest absolute Gasteiger partial charge is 0.423 e. The van der Waals surface area contributed by atoms with Crippen molar-refractivity contribution in [1.82, 2.24) is 5.43 Å². The van der Waals surface area contributed by atoms with Crippen LogP contribution in [0.3, 0.4) is 0 Å². The zero-order chi connectivity index (χ0) is 28.5. The van der Waals surface area contributed by atoms with Gasteiger partial charge in [0.25, 0.3) is 21.6 Å². The standard InChI is InChI=1S/C28H22N4O7S/c33-27(30-29-19-21-11-17-25(18-12-21)39-28(34)22-7-3-1-4-8-22)20-31(23-13-15-24(16-14-23)32(35)36)40(37,38)26-9-5-2-6-10-26/h1-19H,20H2,(H,30,33)/b29-19-. The summed E-state index contributed by atoms with van der Waals surface area (Å²) in [6, 6.07) is 27.2. The van der Waals surface area contributed by atoms with E-state index in [1.54, 1.807) is 72.8 Å². The maximum absolute atomic E-state index is 13.3. The summed E-state index contributed by atoms with van der Waals surface area (Å²) < 4.78 is 32.8. The van der Waals surface area contributed by atoms with Crippen LogP contribution in [0.15, 0.2) is 119 Å². The van der Waals surface area contributed by atoms with Gasteiger partial charge in [0.15, 0.2) is 0 Å². The van der Waals surface area contributed by atoms with Crippen LogP contribution in [0.5, 0.6) is 5.75 Å². The molecule has 0 aliphatic rings. The van der Waals surface area contributed by atoms with E-state index in [9.17, 15) is 28.1 Å². The number of sulfonamides is 1. The van der Waals surface area contributed by atoms with Crippen molar-refractivity contribution < 1.29 is 27.7 Å². The topological polar surface area (TPSA) is 148 Å². The summed E-state index contributed by atoms with van der Waals surface area (Å²) in [5.41, 5.74) is 3.10. The number of esters is 1. The van der Waals surface area contributed by atoms with E-state index < -0.39 is 33.4 Å². The lowest BCUT2D eigenvalue weighted by molar-refractivity contribution is -0.384. The molecule has 0 saturated carbocycles. The number of ether oxygens (including phenoxy) is 1. The summed E-state index contributed by atoms with van der Waals surface area (Å²) in [6.45, 7) is -0.638. The maximum Gasteiger partial charge on any atom is 0.343 e. The number of nitro groups is 1. The highest BCUT2D eigenvalue weighted by atomic mass is 32.2. The first kappa shape index (κ1) is 27.7. The molecule has 0 aliphatic heterocycles. The summed E-state index contributed by atoms with van der Waals surface area (Å²) in [7, 11) is -4.19. The van der Waals surface area contributed by atoms with Gasteiger partial charge in [-0.25, -0.2) is 18.6 Å². The van der Waals surface area contributed by atoms with Crippen LogP contribution in [0.25, 0.3) is 0 Å². The third-order valence-electron chi connectivity index (χ3n) is 5.47. The van der Waals surface area contributed by atoms with Gasteiger partial charge in [-0.05, 0) is 66.2 Å². The van der Waals surface area contributed by atoms with E-state index in [-0.39, 0.29) is 16.3 Å². The second-order valence-corrected chi connectivity index (χ2v) is 10.1. The van der Waals surface area contributed by atoms with Crippen molar-refractivity contribution in [2.75, 3.05) is 10.8 Å². The van der Waals surface area contributed by atoms with Gasteiger partial charge in [0.2, 0.25) is 0 Å². The first-order valence-corrected chi connectivity index (χ1v) is 13.2. The normalized spacial score (nSPS) is 11.1. The highest BCUT2D eigenvalue weighted by Crippen LogP contribution is 2.25. The Bertz CT molecular complexity index is 1630. The van der Waals surface area contributed by atoms with Crippen LogP contribution in [0.2, 0.25) is 0 Å². The molecule has 0 spiro atoms. The van der Waals surface area contributed by atoms with Crippen LogP contribution >= 0.6 is 0 Å². The molecule has 0 heterocycles. The minimum Gasteiger partial charge on any atom is -0.423 e. The molecule has 0 saturated heterocycles. The van der Waals surface area contributed by atoms with Crippen molar-refractivity contribution in [2.45, 2.75) is 4.90 Å². The first-order chi connectivity index (χ1) is 19.2. The predicted molar refractivity (Wildman–Crippen MR) is 148 cm³/mol. The molecule has 4 aromatic carbocycles. The number of carbonyl (C=O) groups excluding carboxylic acids is 2. The molecule has 0 atom stereocenters. The lowest BCUT2D eigenvalue weighted by Crippen LogP contribution is -2.39. The lowest BCUT2D eigenvalue weighted by Gasteiger charge is -2.23. The number of benzene rings is 4. The Kier molecular flexibility index (Phi) is 8.62. The van der Waals surface area contributed by atoms with Crippen molar-refractivity contribution >= 4 is 39.5 Å². The number of nitrogens with one attached hydrogen (secondary N) is 1. The van der Waals surface area contributed by atoms with Gasteiger partial charge < -0.3 is 4.74 Å². The third kappa shape index (κ3) is 6.94. The number of hydrogen-bond donors (Lipinski definition) is 1. The second-order valence-electron chi connectivity index (χ2n) is 8.22. The van der Waals surface area contributed by atoms with Crippen LogP contribution in [0.4, 0.5) is 11.4 Å². The van der Waals surface area contributed by atoms with Crippen LogP contribution in [0.1, 0.15) is 15.9 Å². The summed E-state index contributed by atoms with van der Waals surface area (Å²) >= 11 is 0. The number of rotatable bonds is 10.